The highest BCUT2D eigenvalue weighted by Gasteiger charge is 2.27. The fraction of sp³-hybridized carbons (Fsp3) is 0.360. The highest BCUT2D eigenvalue weighted by molar-refractivity contribution is 6.04. The van der Waals surface area contributed by atoms with E-state index in [4.69, 9.17) is 5.10 Å². The van der Waals surface area contributed by atoms with Crippen LogP contribution >= 0.6 is 0 Å². The number of carbonyl (C=O) groups is 1. The number of likely N-dealkylation sites (N-methyl/N-ethyl adjacent to an activating group) is 1. The van der Waals surface area contributed by atoms with Gasteiger partial charge in [-0.1, -0.05) is 18.2 Å². The predicted molar refractivity (Wildman–Crippen MR) is 124 cm³/mol. The van der Waals surface area contributed by atoms with Gasteiger partial charge in [0.1, 0.15) is 0 Å². The summed E-state index contributed by atoms with van der Waals surface area (Å²) in [6, 6.07) is 16.3. The number of fused-ring (bicyclic) bond motifs is 1. The maximum atomic E-state index is 13.1. The van der Waals surface area contributed by atoms with Crippen LogP contribution in [0.3, 0.4) is 0 Å². The second-order valence-electron chi connectivity index (χ2n) is 8.62. The van der Waals surface area contributed by atoms with Crippen molar-refractivity contribution in [3.63, 3.8) is 0 Å². The minimum atomic E-state index is -0.125. The molecule has 1 aromatic heterocycles. The van der Waals surface area contributed by atoms with Crippen LogP contribution in [0.15, 0.2) is 48.5 Å². The molecule has 2 aromatic carbocycles. The maximum absolute atomic E-state index is 13.1. The van der Waals surface area contributed by atoms with Crippen molar-refractivity contribution in [1.29, 1.82) is 0 Å². The van der Waals surface area contributed by atoms with Gasteiger partial charge >= 0.3 is 0 Å². The molecule has 1 N–H and O–H groups in total. The van der Waals surface area contributed by atoms with Crippen molar-refractivity contribution in [2.24, 2.45) is 0 Å². The molecule has 0 spiro atoms. The Morgan fingerprint density at radius 3 is 2.52 bits per heavy atom. The van der Waals surface area contributed by atoms with Gasteiger partial charge in [-0.25, -0.2) is 4.68 Å². The number of rotatable bonds is 4. The number of hydrogen-bond donors (Lipinski definition) is 1. The van der Waals surface area contributed by atoms with E-state index in [9.17, 15) is 4.79 Å². The zero-order valence-corrected chi connectivity index (χ0v) is 18.3. The van der Waals surface area contributed by atoms with E-state index in [1.165, 1.54) is 11.3 Å². The predicted octanol–water partition coefficient (Wildman–Crippen LogP) is 3.67. The number of para-hydroxylation sites is 1. The third-order valence-electron chi connectivity index (χ3n) is 6.44. The number of hydrogen-bond acceptors (Lipinski definition) is 4. The lowest BCUT2D eigenvalue weighted by Crippen LogP contribution is -2.44. The number of anilines is 2. The molecule has 0 atom stereocenters. The van der Waals surface area contributed by atoms with E-state index in [-0.39, 0.29) is 5.91 Å². The van der Waals surface area contributed by atoms with E-state index in [1.807, 2.05) is 41.1 Å². The van der Waals surface area contributed by atoms with Crippen molar-refractivity contribution >= 4 is 17.3 Å². The van der Waals surface area contributed by atoms with E-state index < -0.39 is 0 Å². The molecule has 1 aliphatic heterocycles. The number of carbonyl (C=O) groups excluding carboxylic acids is 1. The standard InChI is InChI=1S/C25H29N5O/c1-18-17-19(11-12-22(18)29-15-13-28(2)14-16-29)26-25(31)24-21-9-6-10-23(21)30(27-24)20-7-4-3-5-8-20/h3-5,7-8,11-12,17H,6,9-10,13-16H2,1-2H3,(H,26,31). The summed E-state index contributed by atoms with van der Waals surface area (Å²) in [4.78, 5) is 17.9. The van der Waals surface area contributed by atoms with Gasteiger partial charge < -0.3 is 15.1 Å². The summed E-state index contributed by atoms with van der Waals surface area (Å²) in [6.07, 6.45) is 2.94. The Balaban J connectivity index is 1.37. The van der Waals surface area contributed by atoms with Gasteiger partial charge in [-0.2, -0.15) is 5.10 Å². The van der Waals surface area contributed by atoms with Gasteiger partial charge in [-0.05, 0) is 69.1 Å². The van der Waals surface area contributed by atoms with Crippen molar-refractivity contribution in [2.75, 3.05) is 43.4 Å². The number of nitrogens with one attached hydrogen (secondary N) is 1. The molecule has 0 bridgehead atoms. The molecule has 1 saturated heterocycles. The molecule has 3 aromatic rings. The normalized spacial score (nSPS) is 16.4. The fourth-order valence-corrected chi connectivity index (χ4v) is 4.73. The Kier molecular flexibility index (Phi) is 5.24. The SMILES string of the molecule is Cc1cc(NC(=O)c2nn(-c3ccccc3)c3c2CCC3)ccc1N1CCN(C)CC1. The van der Waals surface area contributed by atoms with Crippen molar-refractivity contribution < 1.29 is 4.79 Å². The first-order chi connectivity index (χ1) is 15.1. The van der Waals surface area contributed by atoms with E-state index in [2.05, 4.69) is 41.2 Å². The van der Waals surface area contributed by atoms with Crippen molar-refractivity contribution in [3.8, 4) is 5.69 Å². The van der Waals surface area contributed by atoms with Crippen LogP contribution in [0.4, 0.5) is 11.4 Å². The Morgan fingerprint density at radius 1 is 1.00 bits per heavy atom. The molecule has 6 nitrogen and oxygen atoms in total. The fourth-order valence-electron chi connectivity index (χ4n) is 4.73. The number of aryl methyl sites for hydroxylation is 1. The van der Waals surface area contributed by atoms with Crippen LogP contribution < -0.4 is 10.2 Å². The first-order valence-corrected chi connectivity index (χ1v) is 11.1. The molecule has 1 fully saturated rings. The number of nitrogens with zero attached hydrogens (tertiary/aromatic N) is 4. The lowest BCUT2D eigenvalue weighted by Gasteiger charge is -2.35. The molecule has 2 aliphatic rings. The summed E-state index contributed by atoms with van der Waals surface area (Å²) < 4.78 is 1.94. The van der Waals surface area contributed by atoms with Gasteiger partial charge in [0.15, 0.2) is 5.69 Å². The van der Waals surface area contributed by atoms with Crippen LogP contribution in [-0.4, -0.2) is 53.8 Å². The molecule has 2 heterocycles. The topological polar surface area (TPSA) is 53.4 Å². The Labute approximate surface area is 183 Å². The zero-order chi connectivity index (χ0) is 21.4. The second-order valence-corrected chi connectivity index (χ2v) is 8.62. The second kappa shape index (κ2) is 8.19. The minimum Gasteiger partial charge on any atom is -0.369 e. The molecule has 5 rings (SSSR count). The first-order valence-electron chi connectivity index (χ1n) is 11.1. The smallest absolute Gasteiger partial charge is 0.276 e. The van der Waals surface area contributed by atoms with Gasteiger partial charge in [0.05, 0.1) is 5.69 Å². The molecule has 31 heavy (non-hydrogen) atoms. The Hall–Kier alpha value is -3.12. The average Bonchev–Trinajstić information content (AvgIpc) is 3.38. The number of aromatic nitrogens is 2. The van der Waals surface area contributed by atoms with Crippen LogP contribution in [0, 0.1) is 6.92 Å². The van der Waals surface area contributed by atoms with Crippen LogP contribution in [0.5, 0.6) is 0 Å². The molecule has 1 aliphatic carbocycles. The highest BCUT2D eigenvalue weighted by Crippen LogP contribution is 2.29. The van der Waals surface area contributed by atoms with Crippen molar-refractivity contribution in [3.05, 3.63) is 71.0 Å². The number of piperazine rings is 1. The van der Waals surface area contributed by atoms with E-state index in [0.717, 1.165) is 68.1 Å². The monoisotopic (exact) mass is 415 g/mol. The van der Waals surface area contributed by atoms with Crippen LogP contribution in [0.1, 0.15) is 33.7 Å². The quantitative estimate of drug-likeness (QED) is 0.706. The Bertz CT molecular complexity index is 1100. The summed E-state index contributed by atoms with van der Waals surface area (Å²) >= 11 is 0. The Morgan fingerprint density at radius 2 is 1.77 bits per heavy atom. The van der Waals surface area contributed by atoms with E-state index >= 15 is 0 Å². The van der Waals surface area contributed by atoms with Crippen LogP contribution in [0.2, 0.25) is 0 Å². The van der Waals surface area contributed by atoms with Gasteiger partial charge in [0.2, 0.25) is 0 Å². The lowest BCUT2D eigenvalue weighted by molar-refractivity contribution is 0.102. The molecule has 6 heteroatoms. The third-order valence-corrected chi connectivity index (χ3v) is 6.44. The van der Waals surface area contributed by atoms with Gasteiger partial charge in [-0.3, -0.25) is 4.79 Å². The summed E-state index contributed by atoms with van der Waals surface area (Å²) in [5, 5.41) is 7.80. The molecule has 0 radical (unpaired) electrons. The molecule has 0 saturated carbocycles. The maximum Gasteiger partial charge on any atom is 0.276 e. The van der Waals surface area contributed by atoms with Crippen LogP contribution in [0.25, 0.3) is 5.69 Å². The first kappa shape index (κ1) is 19.8. The highest BCUT2D eigenvalue weighted by atomic mass is 16.2. The molecule has 160 valence electrons. The summed E-state index contributed by atoms with van der Waals surface area (Å²) in [6.45, 7) is 6.34. The molecular formula is C25H29N5O. The third kappa shape index (κ3) is 3.83. The lowest BCUT2D eigenvalue weighted by atomic mass is 10.1. The molecule has 0 unspecified atom stereocenters. The number of amides is 1. The summed E-state index contributed by atoms with van der Waals surface area (Å²) in [5.41, 5.74) is 7.07. The van der Waals surface area contributed by atoms with Crippen molar-refractivity contribution in [2.45, 2.75) is 26.2 Å². The summed E-state index contributed by atoms with van der Waals surface area (Å²) in [5.74, 6) is -0.125. The van der Waals surface area contributed by atoms with Gasteiger partial charge in [0.25, 0.3) is 5.91 Å². The molecule has 1 amide bonds. The largest absolute Gasteiger partial charge is 0.369 e. The van der Waals surface area contributed by atoms with E-state index in [1.54, 1.807) is 0 Å². The van der Waals surface area contributed by atoms with Crippen LogP contribution in [-0.2, 0) is 12.8 Å². The zero-order valence-electron chi connectivity index (χ0n) is 18.3. The number of benzene rings is 2. The van der Waals surface area contributed by atoms with Gasteiger partial charge in [-0.15, -0.1) is 0 Å². The van der Waals surface area contributed by atoms with Crippen molar-refractivity contribution in [1.82, 2.24) is 14.7 Å². The van der Waals surface area contributed by atoms with E-state index in [0.29, 0.717) is 5.69 Å². The minimum absolute atomic E-state index is 0.125. The summed E-state index contributed by atoms with van der Waals surface area (Å²) in [7, 11) is 2.17. The average molecular weight is 416 g/mol. The van der Waals surface area contributed by atoms with Gasteiger partial charge in [0, 0.05) is 48.8 Å². The molecular weight excluding hydrogens is 386 g/mol.